The maximum Gasteiger partial charge on any atom is 0.202 e. The second-order valence-corrected chi connectivity index (χ2v) is 6.95. The third-order valence-corrected chi connectivity index (χ3v) is 2.82. The van der Waals surface area contributed by atoms with Gasteiger partial charge in [0.15, 0.2) is 0 Å². The van der Waals surface area contributed by atoms with Crippen molar-refractivity contribution in [1.82, 2.24) is 0 Å². The van der Waals surface area contributed by atoms with E-state index in [0.717, 1.165) is 24.3 Å². The molecule has 0 aliphatic heterocycles. The minimum atomic E-state index is -4.94. The van der Waals surface area contributed by atoms with Crippen LogP contribution in [0.3, 0.4) is 0 Å². The standard InChI is InChI=1S/C16H20N4.2ClHO4/c1-15(17-19-11-5-3-6-12-19)9-10-16(2)18-20-13-7-4-8-14-20;2*2-1(3,4)5/h3-8,11-14H,9-10H2,1-2H3;2*(H,2,3,4,5)/q+2;;/p-2/b17-15+,18-16+;;. The Morgan fingerprint density at radius 3 is 1.03 bits per heavy atom. The molecule has 2 aromatic heterocycles. The molecule has 0 N–H and O–H groups in total. The largest absolute Gasteiger partial charge is 0.222 e. The molecule has 0 saturated carbocycles. The van der Waals surface area contributed by atoms with Gasteiger partial charge in [0.2, 0.25) is 24.8 Å². The fourth-order valence-corrected chi connectivity index (χ4v) is 1.77. The third-order valence-electron chi connectivity index (χ3n) is 2.82. The summed E-state index contributed by atoms with van der Waals surface area (Å²) in [6, 6.07) is 11.8. The summed E-state index contributed by atoms with van der Waals surface area (Å²) in [6.45, 7) is 4.09. The highest BCUT2D eigenvalue weighted by Gasteiger charge is 2.03. The van der Waals surface area contributed by atoms with E-state index in [-0.39, 0.29) is 0 Å². The summed E-state index contributed by atoms with van der Waals surface area (Å²) in [5.41, 5.74) is 2.18. The van der Waals surface area contributed by atoms with E-state index < -0.39 is 20.5 Å². The second kappa shape index (κ2) is 14.0. The molecular formula is C16H20Cl2N4O8. The summed E-state index contributed by atoms with van der Waals surface area (Å²) in [7, 11) is -9.89. The van der Waals surface area contributed by atoms with Gasteiger partial charge in [-0.2, -0.15) is 0 Å². The molecule has 0 bridgehead atoms. The van der Waals surface area contributed by atoms with Gasteiger partial charge >= 0.3 is 0 Å². The van der Waals surface area contributed by atoms with E-state index >= 15 is 0 Å². The van der Waals surface area contributed by atoms with Crippen molar-refractivity contribution < 1.29 is 67.1 Å². The molecule has 30 heavy (non-hydrogen) atoms. The molecule has 2 aromatic rings. The number of pyridine rings is 2. The molecule has 166 valence electrons. The molecule has 2 rings (SSSR count). The Kier molecular flexibility index (Phi) is 13.0. The summed E-state index contributed by atoms with van der Waals surface area (Å²) < 4.78 is 71.6. The quantitative estimate of drug-likeness (QED) is 0.303. The number of aromatic nitrogens is 2. The molecule has 0 aromatic carbocycles. The first kappa shape index (κ1) is 27.9. The van der Waals surface area contributed by atoms with E-state index in [0.29, 0.717) is 0 Å². The molecule has 0 aliphatic rings. The van der Waals surface area contributed by atoms with Gasteiger partial charge in [0.1, 0.15) is 0 Å². The van der Waals surface area contributed by atoms with Crippen molar-refractivity contribution in [2.75, 3.05) is 0 Å². The summed E-state index contributed by atoms with van der Waals surface area (Å²) in [6.07, 6.45) is 9.55. The van der Waals surface area contributed by atoms with Gasteiger partial charge in [0.05, 0.1) is 11.4 Å². The molecule has 2 heterocycles. The van der Waals surface area contributed by atoms with Crippen molar-refractivity contribution in [3.63, 3.8) is 0 Å². The normalized spacial score (nSPS) is 12.3. The Morgan fingerprint density at radius 2 is 0.800 bits per heavy atom. The van der Waals surface area contributed by atoms with E-state index in [1.165, 1.54) is 0 Å². The van der Waals surface area contributed by atoms with Crippen LogP contribution in [-0.2, 0) is 0 Å². The van der Waals surface area contributed by atoms with Crippen molar-refractivity contribution >= 4 is 11.4 Å². The maximum absolute atomic E-state index is 8.49. The van der Waals surface area contributed by atoms with Gasteiger partial charge in [0, 0.05) is 24.3 Å². The lowest BCUT2D eigenvalue weighted by atomic mass is 10.2. The molecule has 0 radical (unpaired) electrons. The first-order valence-electron chi connectivity index (χ1n) is 7.99. The van der Waals surface area contributed by atoms with Crippen LogP contribution in [0.4, 0.5) is 0 Å². The molecule has 0 amide bonds. The first-order valence-corrected chi connectivity index (χ1v) is 10.5. The minimum Gasteiger partial charge on any atom is -0.222 e. The highest BCUT2D eigenvalue weighted by molar-refractivity contribution is 5.88. The van der Waals surface area contributed by atoms with Gasteiger partial charge in [-0.1, -0.05) is 21.5 Å². The number of nitrogens with zero attached hydrogens (tertiary/aromatic N) is 4. The van der Waals surface area contributed by atoms with Crippen LogP contribution in [0.5, 0.6) is 0 Å². The Labute approximate surface area is 177 Å². The van der Waals surface area contributed by atoms with E-state index in [2.05, 4.69) is 10.2 Å². The molecular weight excluding hydrogens is 447 g/mol. The maximum atomic E-state index is 8.49. The van der Waals surface area contributed by atoms with Crippen LogP contribution in [0, 0.1) is 20.5 Å². The SMILES string of the molecule is C/C(CC/C(C)=N/[n+]1ccccc1)=N\[n+]1ccccc1.[O-][Cl+3]([O-])([O-])[O-].[O-][Cl+3]([O-])([O-])[O-]. The Morgan fingerprint density at radius 1 is 0.567 bits per heavy atom. The molecule has 0 atom stereocenters. The Bertz CT molecular complexity index is 702. The minimum absolute atomic E-state index is 0.907. The summed E-state index contributed by atoms with van der Waals surface area (Å²) in [5, 5.41) is 9.02. The molecule has 14 heteroatoms. The molecule has 0 spiro atoms. The first-order chi connectivity index (χ1) is 13.7. The highest BCUT2D eigenvalue weighted by Crippen LogP contribution is 1.95. The predicted molar refractivity (Wildman–Crippen MR) is 79.5 cm³/mol. The number of hydrogen-bond acceptors (Lipinski definition) is 10. The van der Waals surface area contributed by atoms with E-state index in [1.807, 2.05) is 84.4 Å². The van der Waals surface area contributed by atoms with E-state index in [9.17, 15) is 0 Å². The molecule has 0 unspecified atom stereocenters. The smallest absolute Gasteiger partial charge is 0.202 e. The van der Waals surface area contributed by atoms with Gasteiger partial charge in [-0.3, -0.25) is 0 Å². The lowest BCUT2D eigenvalue weighted by molar-refractivity contribution is -2.00. The van der Waals surface area contributed by atoms with Crippen LogP contribution in [0.25, 0.3) is 0 Å². The molecule has 0 saturated heterocycles. The number of halogens is 2. The average Bonchev–Trinajstić information content (AvgIpc) is 2.59. The molecule has 0 aliphatic carbocycles. The fraction of sp³-hybridized carbons (Fsp3) is 0.250. The van der Waals surface area contributed by atoms with Crippen molar-refractivity contribution in [1.29, 1.82) is 0 Å². The van der Waals surface area contributed by atoms with Crippen LogP contribution in [0.1, 0.15) is 26.7 Å². The zero-order valence-corrected chi connectivity index (χ0v) is 17.5. The van der Waals surface area contributed by atoms with Gasteiger partial charge in [0.25, 0.3) is 0 Å². The van der Waals surface area contributed by atoms with Crippen LogP contribution in [0.15, 0.2) is 71.4 Å². The van der Waals surface area contributed by atoms with Crippen molar-refractivity contribution in [2.24, 2.45) is 10.2 Å². The lowest BCUT2D eigenvalue weighted by Crippen LogP contribution is -2.68. The van der Waals surface area contributed by atoms with E-state index in [1.54, 1.807) is 0 Å². The van der Waals surface area contributed by atoms with Crippen LogP contribution in [0.2, 0.25) is 0 Å². The van der Waals surface area contributed by atoms with Crippen LogP contribution < -0.4 is 46.6 Å². The Hall–Kier alpha value is -2.10. The molecule has 0 fully saturated rings. The van der Waals surface area contributed by atoms with E-state index in [4.69, 9.17) is 37.3 Å². The monoisotopic (exact) mass is 466 g/mol. The summed E-state index contributed by atoms with van der Waals surface area (Å²) in [5.74, 6) is 0. The summed E-state index contributed by atoms with van der Waals surface area (Å²) >= 11 is 0. The number of hydrogen-bond donors (Lipinski definition) is 0. The van der Waals surface area contributed by atoms with Gasteiger partial charge < -0.3 is 0 Å². The van der Waals surface area contributed by atoms with Crippen LogP contribution in [-0.4, -0.2) is 11.4 Å². The third kappa shape index (κ3) is 22.2. The average molecular weight is 467 g/mol. The zero-order valence-electron chi connectivity index (χ0n) is 16.0. The van der Waals surface area contributed by atoms with Crippen molar-refractivity contribution in [2.45, 2.75) is 26.7 Å². The fourth-order valence-electron chi connectivity index (χ4n) is 1.77. The predicted octanol–water partition coefficient (Wildman–Crippen LogP) is -7.32. The topological polar surface area (TPSA) is 217 Å². The van der Waals surface area contributed by atoms with Crippen molar-refractivity contribution in [3.8, 4) is 0 Å². The second-order valence-electron chi connectivity index (χ2n) is 5.44. The summed E-state index contributed by atoms with van der Waals surface area (Å²) in [4.78, 5) is 0. The van der Waals surface area contributed by atoms with Gasteiger partial charge in [-0.25, -0.2) is 37.3 Å². The number of rotatable bonds is 5. The van der Waals surface area contributed by atoms with Gasteiger partial charge in [-0.05, 0) is 36.9 Å². The lowest BCUT2D eigenvalue weighted by Gasteiger charge is -2.17. The zero-order chi connectivity index (χ0) is 23.2. The highest BCUT2D eigenvalue weighted by atomic mass is 35.7. The van der Waals surface area contributed by atoms with Crippen molar-refractivity contribution in [3.05, 3.63) is 61.2 Å². The van der Waals surface area contributed by atoms with Gasteiger partial charge in [-0.15, -0.1) is 20.5 Å². The molecule has 12 nitrogen and oxygen atoms in total. The van der Waals surface area contributed by atoms with Crippen LogP contribution >= 0.6 is 0 Å². The Balaban J connectivity index is 0.000000702.